The fraction of sp³-hybridized carbons (Fsp3) is 0.375. The molecule has 0 aromatic rings. The van der Waals surface area contributed by atoms with Crippen LogP contribution in [0.3, 0.4) is 0 Å². The Kier molecular flexibility index (Phi) is 3.43. The Morgan fingerprint density at radius 1 is 1.77 bits per heavy atom. The van der Waals surface area contributed by atoms with Crippen LogP contribution in [0.1, 0.15) is 6.42 Å². The molecule has 5 heteroatoms. The smallest absolute Gasteiger partial charge is 0.199 e. The third-order valence-electron chi connectivity index (χ3n) is 1.90. The van der Waals surface area contributed by atoms with E-state index in [1.807, 2.05) is 22.6 Å². The van der Waals surface area contributed by atoms with E-state index in [1.54, 1.807) is 0 Å². The van der Waals surface area contributed by atoms with Crippen LogP contribution in [0.4, 0.5) is 0 Å². The normalized spacial score (nSPS) is 34.2. The van der Waals surface area contributed by atoms with E-state index in [0.29, 0.717) is 3.58 Å². The number of carbonyl (C=O) groups excluding carboxylic acids is 1. The maximum absolute atomic E-state index is 11.5. The Bertz CT molecular complexity index is 301. The number of aliphatic hydroxyl groups is 1. The van der Waals surface area contributed by atoms with Crippen LogP contribution in [0.15, 0.2) is 21.3 Å². The summed E-state index contributed by atoms with van der Waals surface area (Å²) in [4.78, 5) is 10.2. The first-order valence-electron chi connectivity index (χ1n) is 3.53. The highest BCUT2D eigenvalue weighted by molar-refractivity contribution is 14.1. The third-order valence-corrected chi connectivity index (χ3v) is 4.26. The molecule has 0 aromatic carbocycles. The summed E-state index contributed by atoms with van der Waals surface area (Å²) in [7, 11) is 0. The molecule has 0 saturated carbocycles. The minimum atomic E-state index is -1.34. The van der Waals surface area contributed by atoms with Gasteiger partial charge in [-0.15, -0.1) is 18.2 Å². The van der Waals surface area contributed by atoms with Crippen molar-refractivity contribution < 1.29 is 9.90 Å². The predicted octanol–water partition coefficient (Wildman–Crippen LogP) is 2.37. The van der Waals surface area contributed by atoms with E-state index in [9.17, 15) is 9.90 Å². The summed E-state index contributed by atoms with van der Waals surface area (Å²) in [5.74, 6) is -0.423. The number of alkyl halides is 1. The zero-order valence-corrected chi connectivity index (χ0v) is 10.2. The van der Waals surface area contributed by atoms with Gasteiger partial charge in [0.1, 0.15) is 11.0 Å². The van der Waals surface area contributed by atoms with Crippen molar-refractivity contribution in [3.05, 3.63) is 21.3 Å². The monoisotopic (exact) mass is 332 g/mol. The molecule has 0 unspecified atom stereocenters. The molecule has 0 bridgehead atoms. The van der Waals surface area contributed by atoms with Crippen LogP contribution in [0.25, 0.3) is 0 Å². The van der Waals surface area contributed by atoms with Gasteiger partial charge in [0.15, 0.2) is 5.78 Å². The maximum atomic E-state index is 11.5. The molecule has 0 aliphatic heterocycles. The Hall–Kier alpha value is 0.420. The van der Waals surface area contributed by atoms with Crippen LogP contribution in [0.5, 0.6) is 0 Å². The SMILES string of the molecule is C=CC[C@@]1(Cl)C(=O)C(Cl)=C(I)[C@@H]1O. The fourth-order valence-corrected chi connectivity index (χ4v) is 2.74. The number of hydrogen-bond acceptors (Lipinski definition) is 2. The van der Waals surface area contributed by atoms with Gasteiger partial charge in [0.2, 0.25) is 0 Å². The van der Waals surface area contributed by atoms with Crippen molar-refractivity contribution in [2.45, 2.75) is 17.4 Å². The quantitative estimate of drug-likeness (QED) is 0.479. The van der Waals surface area contributed by atoms with Gasteiger partial charge in [0.05, 0.1) is 5.03 Å². The molecule has 0 radical (unpaired) electrons. The second-order valence-corrected chi connectivity index (χ2v) is 4.96. The number of aliphatic hydroxyl groups excluding tert-OH is 1. The van der Waals surface area contributed by atoms with Gasteiger partial charge >= 0.3 is 0 Å². The highest BCUT2D eigenvalue weighted by Gasteiger charge is 2.51. The number of hydrogen-bond donors (Lipinski definition) is 1. The molecule has 0 spiro atoms. The van der Waals surface area contributed by atoms with Gasteiger partial charge in [0.25, 0.3) is 0 Å². The fourth-order valence-electron chi connectivity index (χ4n) is 1.15. The predicted molar refractivity (Wildman–Crippen MR) is 61.3 cm³/mol. The van der Waals surface area contributed by atoms with Crippen molar-refractivity contribution in [1.82, 2.24) is 0 Å². The number of Topliss-reactive ketones (excluding diaryl/α,β-unsaturated/α-hetero) is 1. The minimum absolute atomic E-state index is 0.0324. The lowest BCUT2D eigenvalue weighted by Crippen LogP contribution is -2.39. The maximum Gasteiger partial charge on any atom is 0.199 e. The van der Waals surface area contributed by atoms with Gasteiger partial charge in [-0.1, -0.05) is 17.7 Å². The number of ketones is 1. The molecule has 0 saturated heterocycles. The molecule has 2 atom stereocenters. The lowest BCUT2D eigenvalue weighted by Gasteiger charge is -2.22. The number of allylic oxidation sites excluding steroid dienone is 2. The molecule has 1 rings (SSSR count). The summed E-state index contributed by atoms with van der Waals surface area (Å²) in [6.07, 6.45) is 0.679. The van der Waals surface area contributed by atoms with Crippen LogP contribution in [-0.4, -0.2) is 21.9 Å². The van der Waals surface area contributed by atoms with Crippen LogP contribution in [-0.2, 0) is 4.79 Å². The van der Waals surface area contributed by atoms with Crippen molar-refractivity contribution in [3.8, 4) is 0 Å². The molecule has 0 heterocycles. The van der Waals surface area contributed by atoms with Gasteiger partial charge in [0, 0.05) is 3.58 Å². The van der Waals surface area contributed by atoms with Gasteiger partial charge < -0.3 is 5.11 Å². The molecular weight excluding hydrogens is 326 g/mol. The van der Waals surface area contributed by atoms with Crippen molar-refractivity contribution >= 4 is 51.6 Å². The van der Waals surface area contributed by atoms with E-state index < -0.39 is 16.8 Å². The van der Waals surface area contributed by atoms with Crippen LogP contribution >= 0.6 is 45.8 Å². The Morgan fingerprint density at radius 2 is 2.31 bits per heavy atom. The highest BCUT2D eigenvalue weighted by Crippen LogP contribution is 2.44. The first-order chi connectivity index (χ1) is 5.95. The summed E-state index contributed by atoms with van der Waals surface area (Å²) >= 11 is 13.5. The van der Waals surface area contributed by atoms with Crippen molar-refractivity contribution in [3.63, 3.8) is 0 Å². The topological polar surface area (TPSA) is 37.3 Å². The van der Waals surface area contributed by atoms with E-state index in [0.717, 1.165) is 0 Å². The average molecular weight is 333 g/mol. The van der Waals surface area contributed by atoms with Crippen LogP contribution in [0, 0.1) is 0 Å². The zero-order chi connectivity index (χ0) is 10.2. The van der Waals surface area contributed by atoms with E-state index in [2.05, 4.69) is 6.58 Å². The lowest BCUT2D eigenvalue weighted by molar-refractivity contribution is -0.118. The second kappa shape index (κ2) is 3.88. The average Bonchev–Trinajstić information content (AvgIpc) is 2.23. The van der Waals surface area contributed by atoms with Crippen molar-refractivity contribution in [2.24, 2.45) is 0 Å². The van der Waals surface area contributed by atoms with Gasteiger partial charge in [-0.05, 0) is 29.0 Å². The zero-order valence-electron chi connectivity index (χ0n) is 6.56. The van der Waals surface area contributed by atoms with Gasteiger partial charge in [-0.3, -0.25) is 4.79 Å². The second-order valence-electron chi connectivity index (χ2n) is 2.75. The molecule has 1 aliphatic rings. The molecule has 0 fully saturated rings. The Morgan fingerprint density at radius 3 is 2.62 bits per heavy atom. The number of halogens is 3. The summed E-state index contributed by atoms with van der Waals surface area (Å²) in [5.41, 5.74) is 0. The molecule has 0 aromatic heterocycles. The number of rotatable bonds is 2. The Balaban J connectivity index is 3.08. The first-order valence-corrected chi connectivity index (χ1v) is 5.36. The van der Waals surface area contributed by atoms with Crippen molar-refractivity contribution in [1.29, 1.82) is 0 Å². The highest BCUT2D eigenvalue weighted by atomic mass is 127. The van der Waals surface area contributed by atoms with E-state index in [4.69, 9.17) is 23.2 Å². The molecule has 1 N–H and O–H groups in total. The standard InChI is InChI=1S/C8H7Cl2IO2/c1-2-3-8(10)6(12)4(9)5(11)7(8)13/h2,7,13H,1,3H2/t7-,8+/m0/s1. The first kappa shape index (κ1) is 11.5. The third kappa shape index (κ3) is 1.67. The van der Waals surface area contributed by atoms with Crippen LogP contribution in [0.2, 0.25) is 0 Å². The van der Waals surface area contributed by atoms with E-state index >= 15 is 0 Å². The molecule has 13 heavy (non-hydrogen) atoms. The molecule has 2 nitrogen and oxygen atoms in total. The summed E-state index contributed by atoms with van der Waals surface area (Å²) in [6.45, 7) is 3.48. The summed E-state index contributed by atoms with van der Waals surface area (Å²) in [5, 5.41) is 9.67. The minimum Gasteiger partial charge on any atom is -0.386 e. The van der Waals surface area contributed by atoms with Crippen molar-refractivity contribution in [2.75, 3.05) is 0 Å². The molecule has 72 valence electrons. The van der Waals surface area contributed by atoms with Gasteiger partial charge in [-0.25, -0.2) is 0 Å². The Labute approximate surface area is 99.7 Å². The molecule has 0 amide bonds. The van der Waals surface area contributed by atoms with Gasteiger partial charge in [-0.2, -0.15) is 0 Å². The molecular formula is C8H7Cl2IO2. The number of carbonyl (C=O) groups is 1. The lowest BCUT2D eigenvalue weighted by atomic mass is 9.99. The summed E-state index contributed by atoms with van der Waals surface area (Å²) < 4.78 is 0.404. The summed E-state index contributed by atoms with van der Waals surface area (Å²) in [6, 6.07) is 0. The van der Waals surface area contributed by atoms with Crippen LogP contribution < -0.4 is 0 Å². The molecule has 1 aliphatic carbocycles. The largest absolute Gasteiger partial charge is 0.386 e. The van der Waals surface area contributed by atoms with E-state index in [-0.39, 0.29) is 11.5 Å². The van der Waals surface area contributed by atoms with E-state index in [1.165, 1.54) is 6.08 Å².